The topological polar surface area (TPSA) is 105 Å². The fourth-order valence-corrected chi connectivity index (χ4v) is 5.47. The minimum absolute atomic E-state index is 0.0315. The molecule has 3 saturated carbocycles. The second-order valence-electron chi connectivity index (χ2n) is 9.97. The van der Waals surface area contributed by atoms with E-state index in [1.807, 2.05) is 23.6 Å². The Kier molecular flexibility index (Phi) is 5.28. The zero-order chi connectivity index (χ0) is 22.5. The molecule has 6 rings (SSSR count). The van der Waals surface area contributed by atoms with Crippen LogP contribution in [0.4, 0.5) is 11.8 Å². The standard InChI is InChI=1S/C24H32N6O2/c1-14(2)30-13-25-20-21(26-17-10-15(3)4-5-18(17)32)28-23(29-22(20)30)27-19-11-16-6-8-24(19,12-31)9-7-16/h4,10,13-14,16,19,31H,5-9,11-12H2,1-3H3,(H2,26,27,28,29)/t16?,19-,24?/m0/s1. The smallest absolute Gasteiger partial charge is 0.227 e. The van der Waals surface area contributed by atoms with Gasteiger partial charge in [-0.15, -0.1) is 0 Å². The van der Waals surface area contributed by atoms with E-state index in [0.717, 1.165) is 30.5 Å². The first-order valence-electron chi connectivity index (χ1n) is 11.7. The highest BCUT2D eigenvalue weighted by Gasteiger charge is 2.47. The van der Waals surface area contributed by atoms with Crippen molar-refractivity contribution in [2.45, 2.75) is 71.4 Å². The summed E-state index contributed by atoms with van der Waals surface area (Å²) >= 11 is 0. The number of fused-ring (bicyclic) bond motifs is 4. The van der Waals surface area contributed by atoms with Gasteiger partial charge in [-0.2, -0.15) is 9.97 Å². The van der Waals surface area contributed by atoms with Gasteiger partial charge in [0.2, 0.25) is 5.95 Å². The Hall–Kier alpha value is -2.74. The summed E-state index contributed by atoms with van der Waals surface area (Å²) in [4.78, 5) is 26.6. The number of rotatable bonds is 6. The monoisotopic (exact) mass is 436 g/mol. The predicted molar refractivity (Wildman–Crippen MR) is 124 cm³/mol. The Labute approximate surface area is 188 Å². The second-order valence-corrected chi connectivity index (χ2v) is 9.97. The molecule has 0 unspecified atom stereocenters. The van der Waals surface area contributed by atoms with Gasteiger partial charge in [0.1, 0.15) is 0 Å². The highest BCUT2D eigenvalue weighted by atomic mass is 16.3. The molecule has 4 aliphatic rings. The molecule has 8 nitrogen and oxygen atoms in total. The van der Waals surface area contributed by atoms with Crippen LogP contribution in [0.1, 0.15) is 65.3 Å². The summed E-state index contributed by atoms with van der Waals surface area (Å²) in [5, 5.41) is 17.1. The average Bonchev–Trinajstić information content (AvgIpc) is 3.22. The van der Waals surface area contributed by atoms with E-state index in [-0.39, 0.29) is 29.9 Å². The Morgan fingerprint density at radius 3 is 2.78 bits per heavy atom. The quantitative estimate of drug-likeness (QED) is 0.629. The molecule has 0 radical (unpaired) electrons. The number of Topliss-reactive ketones (excluding diaryl/α,β-unsaturated/α-hetero) is 1. The van der Waals surface area contributed by atoms with Crippen molar-refractivity contribution in [3.8, 4) is 0 Å². The molecule has 2 heterocycles. The number of nitrogens with zero attached hydrogens (tertiary/aromatic N) is 4. The van der Waals surface area contributed by atoms with Crippen molar-refractivity contribution in [1.29, 1.82) is 0 Å². The van der Waals surface area contributed by atoms with E-state index >= 15 is 0 Å². The van der Waals surface area contributed by atoms with Gasteiger partial charge in [0.25, 0.3) is 0 Å². The molecule has 0 aliphatic heterocycles. The molecule has 2 aromatic rings. The number of carbonyl (C=O) groups is 1. The maximum atomic E-state index is 12.5. The molecular weight excluding hydrogens is 404 g/mol. The van der Waals surface area contributed by atoms with Crippen LogP contribution in [0.5, 0.6) is 0 Å². The summed E-state index contributed by atoms with van der Waals surface area (Å²) in [6, 6.07) is 0.326. The summed E-state index contributed by atoms with van der Waals surface area (Å²) in [5.74, 6) is 1.78. The third-order valence-electron chi connectivity index (χ3n) is 7.54. The molecule has 3 fully saturated rings. The largest absolute Gasteiger partial charge is 0.396 e. The number of allylic oxidation sites excluding steroid dienone is 4. The Bertz CT molecular complexity index is 1110. The van der Waals surface area contributed by atoms with Crippen LogP contribution in [0, 0.1) is 11.3 Å². The van der Waals surface area contributed by atoms with Crippen LogP contribution < -0.4 is 10.6 Å². The summed E-state index contributed by atoms with van der Waals surface area (Å²) in [6.07, 6.45) is 11.4. The molecule has 1 atom stereocenters. The van der Waals surface area contributed by atoms with Crippen LogP contribution in [-0.2, 0) is 4.79 Å². The lowest BCUT2D eigenvalue weighted by Gasteiger charge is -2.51. The van der Waals surface area contributed by atoms with Gasteiger partial charge in [-0.05, 0) is 64.9 Å². The SMILES string of the molecule is CC1=CCC(=O)C(Nc2nc(N[C@H]3CC4CCC3(CO)CC4)nc3c2ncn3C(C)C)=C1. The molecule has 0 aromatic carbocycles. The fourth-order valence-electron chi connectivity index (χ4n) is 5.47. The molecule has 3 N–H and O–H groups in total. The number of anilines is 2. The third-order valence-corrected chi connectivity index (χ3v) is 7.54. The minimum Gasteiger partial charge on any atom is -0.396 e. The zero-order valence-electron chi connectivity index (χ0n) is 19.1. The lowest BCUT2D eigenvalue weighted by Crippen LogP contribution is -2.52. The first kappa shape index (κ1) is 21.1. The first-order valence-corrected chi connectivity index (χ1v) is 11.7. The van der Waals surface area contributed by atoms with Crippen molar-refractivity contribution in [2.75, 3.05) is 17.2 Å². The average molecular weight is 437 g/mol. The maximum Gasteiger partial charge on any atom is 0.227 e. The molecule has 4 aliphatic carbocycles. The van der Waals surface area contributed by atoms with Gasteiger partial charge in [-0.1, -0.05) is 11.6 Å². The van der Waals surface area contributed by atoms with Crippen LogP contribution in [0.2, 0.25) is 0 Å². The van der Waals surface area contributed by atoms with Crippen molar-refractivity contribution < 1.29 is 9.90 Å². The number of aliphatic hydroxyl groups excluding tert-OH is 1. The third kappa shape index (κ3) is 3.60. The van der Waals surface area contributed by atoms with Gasteiger partial charge in [0, 0.05) is 23.9 Å². The van der Waals surface area contributed by atoms with E-state index < -0.39 is 0 Å². The van der Waals surface area contributed by atoms with Crippen LogP contribution in [-0.4, -0.2) is 43.1 Å². The molecule has 32 heavy (non-hydrogen) atoms. The number of aliphatic hydroxyl groups is 1. The van der Waals surface area contributed by atoms with Crippen molar-refractivity contribution >= 4 is 28.7 Å². The van der Waals surface area contributed by atoms with Gasteiger partial charge < -0.3 is 20.3 Å². The van der Waals surface area contributed by atoms with E-state index in [1.54, 1.807) is 6.33 Å². The van der Waals surface area contributed by atoms with Gasteiger partial charge in [-0.3, -0.25) is 4.79 Å². The van der Waals surface area contributed by atoms with Gasteiger partial charge >= 0.3 is 0 Å². The van der Waals surface area contributed by atoms with Gasteiger partial charge in [0.15, 0.2) is 22.8 Å². The lowest BCUT2D eigenvalue weighted by atomic mass is 9.58. The number of hydrogen-bond acceptors (Lipinski definition) is 7. The Morgan fingerprint density at radius 1 is 1.28 bits per heavy atom. The van der Waals surface area contributed by atoms with E-state index in [1.165, 1.54) is 12.8 Å². The van der Waals surface area contributed by atoms with Crippen LogP contribution in [0.15, 0.2) is 29.7 Å². The molecule has 2 aromatic heterocycles. The minimum atomic E-state index is -0.108. The maximum absolute atomic E-state index is 12.5. The van der Waals surface area contributed by atoms with Crippen molar-refractivity contribution in [3.63, 3.8) is 0 Å². The van der Waals surface area contributed by atoms with Crippen LogP contribution in [0.25, 0.3) is 11.2 Å². The van der Waals surface area contributed by atoms with E-state index in [9.17, 15) is 9.90 Å². The Balaban J connectivity index is 1.54. The molecule has 8 heteroatoms. The summed E-state index contributed by atoms with van der Waals surface area (Å²) in [6.45, 7) is 6.34. The highest BCUT2D eigenvalue weighted by molar-refractivity contribution is 6.02. The zero-order valence-corrected chi connectivity index (χ0v) is 19.1. The highest BCUT2D eigenvalue weighted by Crippen LogP contribution is 2.50. The van der Waals surface area contributed by atoms with Crippen molar-refractivity contribution in [3.05, 3.63) is 29.7 Å². The summed E-state index contributed by atoms with van der Waals surface area (Å²) in [5.41, 5.74) is 2.84. The summed E-state index contributed by atoms with van der Waals surface area (Å²) < 4.78 is 2.02. The predicted octanol–water partition coefficient (Wildman–Crippen LogP) is 3.98. The molecule has 0 amide bonds. The van der Waals surface area contributed by atoms with Gasteiger partial charge in [0.05, 0.1) is 18.6 Å². The lowest BCUT2D eigenvalue weighted by molar-refractivity contribution is -0.114. The summed E-state index contributed by atoms with van der Waals surface area (Å²) in [7, 11) is 0. The van der Waals surface area contributed by atoms with Crippen molar-refractivity contribution in [2.24, 2.45) is 11.3 Å². The molecule has 0 spiro atoms. The number of nitrogens with one attached hydrogen (secondary N) is 2. The van der Waals surface area contributed by atoms with E-state index in [0.29, 0.717) is 35.3 Å². The van der Waals surface area contributed by atoms with E-state index in [4.69, 9.17) is 9.97 Å². The van der Waals surface area contributed by atoms with Crippen LogP contribution >= 0.6 is 0 Å². The molecule has 170 valence electrons. The number of carbonyl (C=O) groups excluding carboxylic acids is 1. The van der Waals surface area contributed by atoms with E-state index in [2.05, 4.69) is 29.5 Å². The molecule has 0 saturated heterocycles. The fraction of sp³-hybridized carbons (Fsp3) is 0.583. The Morgan fingerprint density at radius 2 is 2.06 bits per heavy atom. The number of imidazole rings is 1. The normalized spacial score (nSPS) is 27.6. The molecular formula is C24H32N6O2. The number of aromatic nitrogens is 4. The first-order chi connectivity index (χ1) is 15.4. The number of ketones is 1. The van der Waals surface area contributed by atoms with Crippen molar-refractivity contribution in [1.82, 2.24) is 19.5 Å². The van der Waals surface area contributed by atoms with Gasteiger partial charge in [-0.25, -0.2) is 4.98 Å². The number of hydrogen-bond donors (Lipinski definition) is 3. The van der Waals surface area contributed by atoms with Crippen LogP contribution in [0.3, 0.4) is 0 Å². The second kappa shape index (κ2) is 7.99. The molecule has 2 bridgehead atoms.